The number of amides is 1. The molecule has 0 unspecified atom stereocenters. The van der Waals surface area contributed by atoms with Crippen molar-refractivity contribution in [1.29, 1.82) is 10.5 Å². The van der Waals surface area contributed by atoms with Crippen molar-refractivity contribution < 1.29 is 18.0 Å². The Morgan fingerprint density at radius 3 is 2.25 bits per heavy atom. The monoisotopic (exact) mass is 283 g/mol. The molecule has 20 heavy (non-hydrogen) atoms. The van der Waals surface area contributed by atoms with Gasteiger partial charge in [-0.1, -0.05) is 0 Å². The van der Waals surface area contributed by atoms with E-state index in [4.69, 9.17) is 16.3 Å². The van der Waals surface area contributed by atoms with E-state index in [1.165, 1.54) is 0 Å². The molecule has 0 fully saturated rings. The number of halogens is 3. The molecule has 0 aliphatic heterocycles. The lowest BCUT2D eigenvalue weighted by Gasteiger charge is -2.20. The summed E-state index contributed by atoms with van der Waals surface area (Å²) in [5, 5.41) is 17.2. The summed E-state index contributed by atoms with van der Waals surface area (Å²) in [7, 11) is 0. The fourth-order valence-corrected chi connectivity index (χ4v) is 1.42. The maximum absolute atomic E-state index is 12.6. The molecule has 0 spiro atoms. The molecule has 6 nitrogen and oxygen atoms in total. The van der Waals surface area contributed by atoms with E-state index >= 15 is 0 Å². The largest absolute Gasteiger partial charge is 0.433 e. The molecule has 0 saturated carbocycles. The lowest BCUT2D eigenvalue weighted by atomic mass is 10.2. The predicted octanol–water partition coefficient (Wildman–Crippen LogP) is 1.05. The van der Waals surface area contributed by atoms with Gasteiger partial charge in [0.2, 0.25) is 0 Å². The summed E-state index contributed by atoms with van der Waals surface area (Å²) in [6.07, 6.45) is -4.71. The van der Waals surface area contributed by atoms with Crippen LogP contribution in [0.4, 0.5) is 19.0 Å². The summed E-state index contributed by atoms with van der Waals surface area (Å²) in [4.78, 5) is 15.4. The molecule has 0 saturated heterocycles. The van der Waals surface area contributed by atoms with E-state index in [2.05, 4.69) is 4.98 Å². The summed E-state index contributed by atoms with van der Waals surface area (Å²) in [5.74, 6) is -1.43. The molecule has 1 amide bonds. The molecule has 0 aliphatic rings. The first-order valence-electron chi connectivity index (χ1n) is 5.18. The van der Waals surface area contributed by atoms with Crippen LogP contribution >= 0.6 is 0 Å². The van der Waals surface area contributed by atoms with Gasteiger partial charge in [0.15, 0.2) is 0 Å². The molecule has 0 bridgehead atoms. The van der Waals surface area contributed by atoms with Crippen LogP contribution < -0.4 is 10.6 Å². The Hall–Kier alpha value is -2.81. The standard InChI is InChI=1S/C11H8F3N5O/c12-11(13,14)8-2-1-7(9(17)20)10(18-8)19(5-3-15)6-4-16/h1-2H,5-6H2,(H2,17,20). The fraction of sp³-hybridized carbons (Fsp3) is 0.273. The number of hydrogen-bond donors (Lipinski definition) is 1. The zero-order valence-electron chi connectivity index (χ0n) is 9.98. The van der Waals surface area contributed by atoms with Crippen LogP contribution in [0.25, 0.3) is 0 Å². The minimum atomic E-state index is -4.71. The molecule has 9 heteroatoms. The smallest absolute Gasteiger partial charge is 0.365 e. The van der Waals surface area contributed by atoms with Crippen LogP contribution in [-0.4, -0.2) is 24.0 Å². The molecule has 1 aromatic rings. The zero-order chi connectivity index (χ0) is 15.3. The van der Waals surface area contributed by atoms with E-state index in [0.717, 1.165) is 11.0 Å². The zero-order valence-corrected chi connectivity index (χ0v) is 9.98. The maximum Gasteiger partial charge on any atom is 0.433 e. The van der Waals surface area contributed by atoms with Gasteiger partial charge in [-0.15, -0.1) is 0 Å². The Kier molecular flexibility index (Phi) is 4.49. The highest BCUT2D eigenvalue weighted by Gasteiger charge is 2.34. The Balaban J connectivity index is 3.42. The second-order valence-electron chi connectivity index (χ2n) is 3.60. The third kappa shape index (κ3) is 3.36. The molecule has 0 atom stereocenters. The normalized spacial score (nSPS) is 10.4. The van der Waals surface area contributed by atoms with Crippen LogP contribution in [0.2, 0.25) is 0 Å². The maximum atomic E-state index is 12.6. The van der Waals surface area contributed by atoms with Crippen LogP contribution in [0.1, 0.15) is 16.1 Å². The summed E-state index contributed by atoms with van der Waals surface area (Å²) < 4.78 is 37.8. The Morgan fingerprint density at radius 1 is 1.30 bits per heavy atom. The second-order valence-corrected chi connectivity index (χ2v) is 3.60. The number of nitrogens with two attached hydrogens (primary N) is 1. The fourth-order valence-electron chi connectivity index (χ4n) is 1.42. The number of rotatable bonds is 4. The highest BCUT2D eigenvalue weighted by atomic mass is 19.4. The number of aromatic nitrogens is 1. The van der Waals surface area contributed by atoms with Crippen LogP contribution in [0.15, 0.2) is 12.1 Å². The predicted molar refractivity (Wildman–Crippen MR) is 61.2 cm³/mol. The van der Waals surface area contributed by atoms with Crippen LogP contribution in [0.5, 0.6) is 0 Å². The molecule has 104 valence electrons. The average Bonchev–Trinajstić information content (AvgIpc) is 2.36. The first-order valence-corrected chi connectivity index (χ1v) is 5.18. The van der Waals surface area contributed by atoms with Crippen molar-refractivity contribution in [2.75, 3.05) is 18.0 Å². The lowest BCUT2D eigenvalue weighted by molar-refractivity contribution is -0.141. The van der Waals surface area contributed by atoms with Gasteiger partial charge >= 0.3 is 6.18 Å². The molecule has 0 aromatic carbocycles. The van der Waals surface area contributed by atoms with Gasteiger partial charge in [-0.25, -0.2) is 4.98 Å². The average molecular weight is 283 g/mol. The minimum Gasteiger partial charge on any atom is -0.365 e. The van der Waals surface area contributed by atoms with Gasteiger partial charge in [0, 0.05) is 0 Å². The first-order chi connectivity index (χ1) is 9.31. The number of carbonyl (C=O) groups is 1. The number of nitrogens with zero attached hydrogens (tertiary/aromatic N) is 4. The van der Waals surface area contributed by atoms with Crippen molar-refractivity contribution >= 4 is 11.7 Å². The van der Waals surface area contributed by atoms with Crippen molar-refractivity contribution in [2.24, 2.45) is 5.73 Å². The number of nitriles is 2. The minimum absolute atomic E-state index is 0.288. The second kappa shape index (κ2) is 5.89. The summed E-state index contributed by atoms with van der Waals surface area (Å²) in [5.41, 5.74) is 3.53. The van der Waals surface area contributed by atoms with Crippen LogP contribution in [0.3, 0.4) is 0 Å². The van der Waals surface area contributed by atoms with Gasteiger partial charge in [-0.05, 0) is 12.1 Å². The molecule has 0 aliphatic carbocycles. The quantitative estimate of drug-likeness (QED) is 0.831. The van der Waals surface area contributed by atoms with Crippen molar-refractivity contribution in [3.63, 3.8) is 0 Å². The highest BCUT2D eigenvalue weighted by Crippen LogP contribution is 2.30. The van der Waals surface area contributed by atoms with Gasteiger partial charge in [0.1, 0.15) is 24.6 Å². The van der Waals surface area contributed by atoms with E-state index in [-0.39, 0.29) is 5.56 Å². The van der Waals surface area contributed by atoms with Gasteiger partial charge in [0.05, 0.1) is 17.7 Å². The highest BCUT2D eigenvalue weighted by molar-refractivity contribution is 5.97. The van der Waals surface area contributed by atoms with Gasteiger partial charge in [-0.3, -0.25) is 4.79 Å². The van der Waals surface area contributed by atoms with Gasteiger partial charge in [0.25, 0.3) is 5.91 Å². The third-order valence-electron chi connectivity index (χ3n) is 2.25. The Morgan fingerprint density at radius 2 is 1.85 bits per heavy atom. The van der Waals surface area contributed by atoms with Crippen molar-refractivity contribution in [3.8, 4) is 12.1 Å². The van der Waals surface area contributed by atoms with Crippen molar-refractivity contribution in [2.45, 2.75) is 6.18 Å². The van der Waals surface area contributed by atoms with Crippen LogP contribution in [0, 0.1) is 22.7 Å². The Labute approximate surface area is 111 Å². The number of carbonyl (C=O) groups excluding carboxylic acids is 1. The van der Waals surface area contributed by atoms with E-state index in [1.54, 1.807) is 12.1 Å². The molecular formula is C11H8F3N5O. The number of primary amides is 1. The summed E-state index contributed by atoms with van der Waals surface area (Å²) >= 11 is 0. The van der Waals surface area contributed by atoms with E-state index in [9.17, 15) is 18.0 Å². The molecule has 2 N–H and O–H groups in total. The Bertz CT molecular complexity index is 584. The SMILES string of the molecule is N#CCN(CC#N)c1nc(C(F)(F)F)ccc1C(N)=O. The van der Waals surface area contributed by atoms with Gasteiger partial charge < -0.3 is 10.6 Å². The number of alkyl halides is 3. The lowest BCUT2D eigenvalue weighted by Crippen LogP contribution is -2.29. The van der Waals surface area contributed by atoms with Crippen LogP contribution in [-0.2, 0) is 6.18 Å². The molecule has 0 radical (unpaired) electrons. The van der Waals surface area contributed by atoms with Gasteiger partial charge in [-0.2, -0.15) is 23.7 Å². The summed E-state index contributed by atoms with van der Waals surface area (Å²) in [6, 6.07) is 4.84. The van der Waals surface area contributed by atoms with Crippen molar-refractivity contribution in [3.05, 3.63) is 23.4 Å². The summed E-state index contributed by atoms with van der Waals surface area (Å²) in [6.45, 7) is -0.801. The molecule has 1 aromatic heterocycles. The third-order valence-corrected chi connectivity index (χ3v) is 2.25. The number of anilines is 1. The first kappa shape index (κ1) is 15.2. The molecule has 1 rings (SSSR count). The molecule has 1 heterocycles. The number of pyridine rings is 1. The molecular weight excluding hydrogens is 275 g/mol. The van der Waals surface area contributed by atoms with E-state index < -0.39 is 36.7 Å². The van der Waals surface area contributed by atoms with E-state index in [1.807, 2.05) is 0 Å². The topological polar surface area (TPSA) is 107 Å². The van der Waals surface area contributed by atoms with E-state index in [0.29, 0.717) is 6.07 Å². The number of hydrogen-bond acceptors (Lipinski definition) is 5. The van der Waals surface area contributed by atoms with Crippen molar-refractivity contribution in [1.82, 2.24) is 4.98 Å².